The number of hydrogen-bond acceptors (Lipinski definition) is 3. The molecule has 6 heteroatoms. The molecule has 1 aromatic heterocycles. The lowest BCUT2D eigenvalue weighted by molar-refractivity contribution is 0.184. The predicted molar refractivity (Wildman–Crippen MR) is 117 cm³/mol. The highest BCUT2D eigenvalue weighted by Crippen LogP contribution is 2.34. The van der Waals surface area contributed by atoms with Gasteiger partial charge in [0.25, 0.3) is 0 Å². The molecule has 0 bridgehead atoms. The predicted octanol–water partition coefficient (Wildman–Crippen LogP) is 5.68. The summed E-state index contributed by atoms with van der Waals surface area (Å²) in [4.78, 5) is 19.2. The van der Waals surface area contributed by atoms with Crippen LogP contribution in [0, 0.1) is 5.82 Å². The molecule has 0 saturated carbocycles. The van der Waals surface area contributed by atoms with Crippen molar-refractivity contribution in [2.24, 2.45) is 0 Å². The van der Waals surface area contributed by atoms with Gasteiger partial charge in [-0.1, -0.05) is 54.6 Å². The van der Waals surface area contributed by atoms with Gasteiger partial charge in [0.05, 0.1) is 0 Å². The quantitative estimate of drug-likeness (QED) is 0.466. The molecule has 1 N–H and O–H groups in total. The van der Waals surface area contributed by atoms with E-state index in [0.29, 0.717) is 35.6 Å². The molecule has 1 fully saturated rings. The van der Waals surface area contributed by atoms with Crippen LogP contribution in [-0.4, -0.2) is 22.5 Å². The smallest absolute Gasteiger partial charge is 0.318 e. The van der Waals surface area contributed by atoms with Crippen molar-refractivity contribution in [3.63, 3.8) is 0 Å². The van der Waals surface area contributed by atoms with Gasteiger partial charge in [-0.15, -0.1) is 0 Å². The third-order valence-electron chi connectivity index (χ3n) is 5.67. The molecule has 0 radical (unpaired) electrons. The average molecular weight is 415 g/mol. The number of rotatable bonds is 4. The zero-order valence-electron chi connectivity index (χ0n) is 16.9. The lowest BCUT2D eigenvalue weighted by Gasteiger charge is -2.22. The van der Waals surface area contributed by atoms with Crippen molar-refractivity contribution in [1.82, 2.24) is 15.2 Å². The molecule has 1 aliphatic heterocycles. The Labute approximate surface area is 179 Å². The molecule has 5 rings (SSSR count). The van der Waals surface area contributed by atoms with E-state index in [-0.39, 0.29) is 17.9 Å². The highest BCUT2D eigenvalue weighted by atomic mass is 19.1. The Kier molecular flexibility index (Phi) is 5.12. The standard InChI is InChI=1S/C25H22FN3O2/c26-20-10-5-4-9-19(20)18-12-13-23-21(15-18)28-24(31-23)22-11-6-14-29(22)25(30)27-16-17-7-2-1-3-8-17/h1-5,7-10,12-13,15,22H,6,11,14,16H2,(H,27,30). The fraction of sp³-hybridized carbons (Fsp3) is 0.200. The molecule has 156 valence electrons. The summed E-state index contributed by atoms with van der Waals surface area (Å²) in [6, 6.07) is 21.6. The van der Waals surface area contributed by atoms with Crippen LogP contribution >= 0.6 is 0 Å². The van der Waals surface area contributed by atoms with Gasteiger partial charge in [0.15, 0.2) is 5.58 Å². The Balaban J connectivity index is 1.36. The van der Waals surface area contributed by atoms with Crippen molar-refractivity contribution < 1.29 is 13.6 Å². The number of oxazole rings is 1. The minimum Gasteiger partial charge on any atom is -0.438 e. The number of benzene rings is 3. The van der Waals surface area contributed by atoms with E-state index in [4.69, 9.17) is 4.42 Å². The summed E-state index contributed by atoms with van der Waals surface area (Å²) in [5.41, 5.74) is 3.61. The normalized spacial score (nSPS) is 16.0. The van der Waals surface area contributed by atoms with Crippen LogP contribution in [-0.2, 0) is 6.54 Å². The largest absolute Gasteiger partial charge is 0.438 e. The molecular weight excluding hydrogens is 393 g/mol. The van der Waals surface area contributed by atoms with Crippen molar-refractivity contribution in [1.29, 1.82) is 0 Å². The van der Waals surface area contributed by atoms with Crippen LogP contribution in [0.2, 0.25) is 0 Å². The first kappa shape index (κ1) is 19.3. The summed E-state index contributed by atoms with van der Waals surface area (Å²) in [6.45, 7) is 1.13. The van der Waals surface area contributed by atoms with Crippen LogP contribution in [0.25, 0.3) is 22.2 Å². The molecule has 1 unspecified atom stereocenters. The van der Waals surface area contributed by atoms with Gasteiger partial charge in [0.1, 0.15) is 17.4 Å². The lowest BCUT2D eigenvalue weighted by atomic mass is 10.0. The molecule has 4 aromatic rings. The first-order chi connectivity index (χ1) is 15.2. The molecule has 3 aromatic carbocycles. The fourth-order valence-electron chi connectivity index (χ4n) is 4.09. The van der Waals surface area contributed by atoms with Gasteiger partial charge in [-0.3, -0.25) is 0 Å². The minimum absolute atomic E-state index is 0.124. The van der Waals surface area contributed by atoms with Crippen LogP contribution < -0.4 is 5.32 Å². The van der Waals surface area contributed by atoms with Crippen LogP contribution in [0.5, 0.6) is 0 Å². The molecule has 0 aliphatic carbocycles. The molecule has 5 nitrogen and oxygen atoms in total. The monoisotopic (exact) mass is 415 g/mol. The zero-order chi connectivity index (χ0) is 21.2. The van der Waals surface area contributed by atoms with Crippen molar-refractivity contribution >= 4 is 17.1 Å². The molecule has 0 spiro atoms. The molecule has 2 heterocycles. The second-order valence-corrected chi connectivity index (χ2v) is 7.71. The van der Waals surface area contributed by atoms with Gasteiger partial charge >= 0.3 is 6.03 Å². The van der Waals surface area contributed by atoms with Gasteiger partial charge < -0.3 is 14.6 Å². The number of carbonyl (C=O) groups is 1. The number of likely N-dealkylation sites (tertiary alicyclic amines) is 1. The minimum atomic E-state index is -0.275. The molecule has 2 amide bonds. The number of hydrogen-bond donors (Lipinski definition) is 1. The van der Waals surface area contributed by atoms with Gasteiger partial charge in [0, 0.05) is 18.7 Å². The number of nitrogens with one attached hydrogen (secondary N) is 1. The molecule has 1 saturated heterocycles. The van der Waals surface area contributed by atoms with Crippen molar-refractivity contribution in [3.05, 3.63) is 90.1 Å². The summed E-state index contributed by atoms with van der Waals surface area (Å²) in [6.07, 6.45) is 1.69. The number of urea groups is 1. The van der Waals surface area contributed by atoms with Crippen LogP contribution in [0.3, 0.4) is 0 Å². The summed E-state index contributed by atoms with van der Waals surface area (Å²) in [7, 11) is 0. The van der Waals surface area contributed by atoms with Crippen LogP contribution in [0.1, 0.15) is 30.3 Å². The molecular formula is C25H22FN3O2. The molecule has 1 aliphatic rings. The van der Waals surface area contributed by atoms with Gasteiger partial charge in [-0.05, 0) is 42.2 Å². The van der Waals surface area contributed by atoms with Crippen LogP contribution in [0.15, 0.2) is 77.2 Å². The first-order valence-corrected chi connectivity index (χ1v) is 10.4. The maximum atomic E-state index is 14.2. The Morgan fingerprint density at radius 2 is 1.90 bits per heavy atom. The van der Waals surface area contributed by atoms with Crippen molar-refractivity contribution in [2.45, 2.75) is 25.4 Å². The summed E-state index contributed by atoms with van der Waals surface area (Å²) in [5, 5.41) is 2.99. The van der Waals surface area contributed by atoms with E-state index in [1.54, 1.807) is 23.1 Å². The second kappa shape index (κ2) is 8.22. The second-order valence-electron chi connectivity index (χ2n) is 7.71. The average Bonchev–Trinajstić information content (AvgIpc) is 3.45. The number of aromatic nitrogens is 1. The Bertz CT molecular complexity index is 1220. The fourth-order valence-corrected chi connectivity index (χ4v) is 4.09. The maximum absolute atomic E-state index is 14.2. The topological polar surface area (TPSA) is 58.4 Å². The number of fused-ring (bicyclic) bond motifs is 1. The van der Waals surface area contributed by atoms with E-state index in [2.05, 4.69) is 10.3 Å². The van der Waals surface area contributed by atoms with Gasteiger partial charge in [-0.25, -0.2) is 14.2 Å². The molecule has 1 atom stereocenters. The summed E-state index contributed by atoms with van der Waals surface area (Å²) in [5.74, 6) is 0.246. The van der Waals surface area contributed by atoms with Gasteiger partial charge in [-0.2, -0.15) is 0 Å². The van der Waals surface area contributed by atoms with Crippen molar-refractivity contribution in [2.75, 3.05) is 6.54 Å². The first-order valence-electron chi connectivity index (χ1n) is 10.4. The third kappa shape index (κ3) is 3.89. The van der Waals surface area contributed by atoms with Crippen molar-refractivity contribution in [3.8, 4) is 11.1 Å². The summed E-state index contributed by atoms with van der Waals surface area (Å²) >= 11 is 0. The number of carbonyl (C=O) groups excluding carboxylic acids is 1. The SMILES string of the molecule is O=C(NCc1ccccc1)N1CCCC1c1nc2cc(-c3ccccc3F)ccc2o1. The highest BCUT2D eigenvalue weighted by molar-refractivity contribution is 5.81. The number of amides is 2. The zero-order valence-corrected chi connectivity index (χ0v) is 16.9. The Hall–Kier alpha value is -3.67. The van der Waals surface area contributed by atoms with E-state index < -0.39 is 0 Å². The highest BCUT2D eigenvalue weighted by Gasteiger charge is 2.33. The Morgan fingerprint density at radius 3 is 2.74 bits per heavy atom. The Morgan fingerprint density at radius 1 is 1.10 bits per heavy atom. The van der Waals surface area contributed by atoms with Gasteiger partial charge in [0.2, 0.25) is 5.89 Å². The van der Waals surface area contributed by atoms with E-state index >= 15 is 0 Å². The van der Waals surface area contributed by atoms with E-state index in [1.165, 1.54) is 6.07 Å². The molecule has 31 heavy (non-hydrogen) atoms. The summed E-state index contributed by atoms with van der Waals surface area (Å²) < 4.78 is 20.2. The maximum Gasteiger partial charge on any atom is 0.318 e. The third-order valence-corrected chi connectivity index (χ3v) is 5.67. The van der Waals surface area contributed by atoms with E-state index in [0.717, 1.165) is 24.0 Å². The number of nitrogens with zero attached hydrogens (tertiary/aromatic N) is 2. The van der Waals surface area contributed by atoms with E-state index in [9.17, 15) is 9.18 Å². The number of halogens is 1. The van der Waals surface area contributed by atoms with Crippen LogP contribution in [0.4, 0.5) is 9.18 Å². The lowest BCUT2D eigenvalue weighted by Crippen LogP contribution is -2.39. The van der Waals surface area contributed by atoms with E-state index in [1.807, 2.05) is 48.5 Å².